The number of aliphatic hydroxyl groups excluding tert-OH is 1. The molecule has 188 valence electrons. The number of primary amides is 1. The number of carbonyl (C=O) groups is 2. The normalized spacial score (nSPS) is 19.9. The van der Waals surface area contributed by atoms with Gasteiger partial charge in [0.15, 0.2) is 0 Å². The summed E-state index contributed by atoms with van der Waals surface area (Å²) < 4.78 is 14.0. The minimum absolute atomic E-state index is 0.129. The molecule has 0 aromatic heterocycles. The number of hydrogen-bond acceptors (Lipinski definition) is 3. The molecule has 0 bridgehead atoms. The number of nitrogens with one attached hydrogen (secondary N) is 1. The first kappa shape index (κ1) is 24.7. The molecule has 37 heavy (non-hydrogen) atoms. The van der Waals surface area contributed by atoms with E-state index in [0.717, 1.165) is 33.4 Å². The topological polar surface area (TPSA) is 92.4 Å². The van der Waals surface area contributed by atoms with E-state index in [0.29, 0.717) is 0 Å². The van der Waals surface area contributed by atoms with Gasteiger partial charge >= 0.3 is 0 Å². The van der Waals surface area contributed by atoms with Gasteiger partial charge in [0.2, 0.25) is 11.8 Å². The van der Waals surface area contributed by atoms with Crippen LogP contribution in [0.5, 0.6) is 0 Å². The van der Waals surface area contributed by atoms with Gasteiger partial charge in [-0.2, -0.15) is 0 Å². The fraction of sp³-hybridized carbons (Fsp3) is 0.226. The van der Waals surface area contributed by atoms with Crippen molar-refractivity contribution in [1.29, 1.82) is 0 Å². The summed E-state index contributed by atoms with van der Waals surface area (Å²) in [5.74, 6) is -1.69. The number of rotatable bonds is 8. The van der Waals surface area contributed by atoms with Crippen molar-refractivity contribution in [3.8, 4) is 0 Å². The van der Waals surface area contributed by atoms with E-state index in [4.69, 9.17) is 5.73 Å². The molecule has 0 fully saturated rings. The molecule has 3 aromatic carbocycles. The molecule has 0 spiro atoms. The van der Waals surface area contributed by atoms with Crippen LogP contribution in [0.4, 0.5) is 4.39 Å². The molecular weight excluding hydrogens is 467 g/mol. The van der Waals surface area contributed by atoms with Gasteiger partial charge in [-0.25, -0.2) is 4.39 Å². The van der Waals surface area contributed by atoms with E-state index in [1.54, 1.807) is 6.07 Å². The van der Waals surface area contributed by atoms with E-state index in [1.165, 1.54) is 12.1 Å². The Kier molecular flexibility index (Phi) is 6.52. The van der Waals surface area contributed by atoms with Crippen LogP contribution >= 0.6 is 0 Å². The molecule has 3 unspecified atom stereocenters. The molecule has 0 saturated heterocycles. The number of nitrogens with two attached hydrogens (primary N) is 1. The predicted molar refractivity (Wildman–Crippen MR) is 142 cm³/mol. The van der Waals surface area contributed by atoms with E-state index in [1.807, 2.05) is 79.7 Å². The van der Waals surface area contributed by atoms with Crippen LogP contribution in [0.2, 0.25) is 0 Å². The molecule has 4 N–H and O–H groups in total. The molecule has 5 rings (SSSR count). The molecule has 0 saturated carbocycles. The minimum Gasteiger partial charge on any atom is -0.394 e. The Bertz CT molecular complexity index is 1410. The monoisotopic (exact) mass is 496 g/mol. The molecule has 2 amide bonds. The summed E-state index contributed by atoms with van der Waals surface area (Å²) in [5.41, 5.74) is 9.40. The highest BCUT2D eigenvalue weighted by Gasteiger charge is 2.49. The lowest BCUT2D eigenvalue weighted by atomic mass is 9.67. The van der Waals surface area contributed by atoms with Crippen molar-refractivity contribution >= 4 is 23.5 Å². The van der Waals surface area contributed by atoms with E-state index in [9.17, 15) is 19.1 Å². The first-order valence-electron chi connectivity index (χ1n) is 12.4. The van der Waals surface area contributed by atoms with Crippen LogP contribution in [0.15, 0.2) is 84.9 Å². The van der Waals surface area contributed by atoms with Crippen LogP contribution in [-0.2, 0) is 9.59 Å². The SMILES string of the molecule is CC(C(=O)NC(CO)c1ccccc1)(C1=C[C@H](CC(N)=O)c2ccccc21)C1C=Cc2cc(F)ccc21. The molecule has 6 heteroatoms. The Hall–Kier alpha value is -4.03. The number of allylic oxidation sites excluding steroid dienone is 2. The number of aliphatic hydroxyl groups is 1. The quantitative estimate of drug-likeness (QED) is 0.416. The third kappa shape index (κ3) is 4.38. The fourth-order valence-corrected chi connectivity index (χ4v) is 5.72. The molecule has 5 nitrogen and oxygen atoms in total. The lowest BCUT2D eigenvalue weighted by Gasteiger charge is -2.37. The standard InChI is InChI=1S/C31H29FN2O3/c1-31(26-14-11-20-15-22(32)12-13-24(20)26,30(37)34-28(18-35)19-7-3-2-4-8-19)27-16-21(17-29(33)36)23-9-5-6-10-25(23)27/h2-16,21,26,28,35H,17-18H2,1H3,(H2,33,36)(H,34,37)/t21-,26?,28?,31?/m1/s1. The van der Waals surface area contributed by atoms with Gasteiger partial charge in [-0.15, -0.1) is 0 Å². The number of hydrogen-bond donors (Lipinski definition) is 3. The molecule has 0 radical (unpaired) electrons. The largest absolute Gasteiger partial charge is 0.394 e. The third-order valence-corrected chi connectivity index (χ3v) is 7.63. The third-order valence-electron chi connectivity index (χ3n) is 7.63. The molecule has 2 aliphatic carbocycles. The average Bonchev–Trinajstić information content (AvgIpc) is 3.49. The Morgan fingerprint density at radius 3 is 2.51 bits per heavy atom. The van der Waals surface area contributed by atoms with E-state index < -0.39 is 23.3 Å². The molecular formula is C31H29FN2O3. The van der Waals surface area contributed by atoms with Crippen LogP contribution in [0.25, 0.3) is 11.6 Å². The second-order valence-corrected chi connectivity index (χ2v) is 9.88. The van der Waals surface area contributed by atoms with Crippen LogP contribution in [0, 0.1) is 11.2 Å². The van der Waals surface area contributed by atoms with Crippen LogP contribution in [0.1, 0.15) is 59.0 Å². The Labute approximate surface area is 215 Å². The lowest BCUT2D eigenvalue weighted by molar-refractivity contribution is -0.129. The summed E-state index contributed by atoms with van der Waals surface area (Å²) in [5, 5.41) is 13.3. The number of benzene rings is 3. The molecule has 0 aliphatic heterocycles. The zero-order valence-corrected chi connectivity index (χ0v) is 20.5. The van der Waals surface area contributed by atoms with E-state index >= 15 is 0 Å². The van der Waals surface area contributed by atoms with Crippen molar-refractivity contribution in [3.63, 3.8) is 0 Å². The van der Waals surface area contributed by atoms with Crippen molar-refractivity contribution in [3.05, 3.63) is 119 Å². The van der Waals surface area contributed by atoms with Crippen LogP contribution in [0.3, 0.4) is 0 Å². The van der Waals surface area contributed by atoms with Gasteiger partial charge in [-0.3, -0.25) is 9.59 Å². The van der Waals surface area contributed by atoms with Gasteiger partial charge in [-0.1, -0.05) is 78.9 Å². The maximum atomic E-state index is 14.3. The highest BCUT2D eigenvalue weighted by atomic mass is 19.1. The highest BCUT2D eigenvalue weighted by Crippen LogP contribution is 2.55. The fourth-order valence-electron chi connectivity index (χ4n) is 5.72. The minimum atomic E-state index is -1.13. The Morgan fingerprint density at radius 2 is 1.78 bits per heavy atom. The molecule has 3 aromatic rings. The zero-order valence-electron chi connectivity index (χ0n) is 20.5. The zero-order chi connectivity index (χ0) is 26.2. The predicted octanol–water partition coefficient (Wildman–Crippen LogP) is 4.85. The second kappa shape index (κ2) is 9.79. The molecule has 2 aliphatic rings. The van der Waals surface area contributed by atoms with Crippen molar-refractivity contribution in [1.82, 2.24) is 5.32 Å². The molecule has 0 heterocycles. The van der Waals surface area contributed by atoms with Crippen molar-refractivity contribution in [2.75, 3.05) is 6.61 Å². The summed E-state index contributed by atoms with van der Waals surface area (Å²) in [7, 11) is 0. The van der Waals surface area contributed by atoms with Gasteiger partial charge in [0.05, 0.1) is 18.1 Å². The van der Waals surface area contributed by atoms with Crippen LogP contribution in [-0.4, -0.2) is 23.5 Å². The van der Waals surface area contributed by atoms with E-state index in [2.05, 4.69) is 5.32 Å². The summed E-state index contributed by atoms with van der Waals surface area (Å²) >= 11 is 0. The van der Waals surface area contributed by atoms with Gasteiger partial charge in [0.1, 0.15) is 5.82 Å². The summed E-state index contributed by atoms with van der Waals surface area (Å²) in [6.07, 6.45) is 5.88. The Balaban J connectivity index is 1.63. The number of fused-ring (bicyclic) bond motifs is 2. The second-order valence-electron chi connectivity index (χ2n) is 9.88. The summed E-state index contributed by atoms with van der Waals surface area (Å²) in [4.78, 5) is 26.2. The van der Waals surface area contributed by atoms with E-state index in [-0.39, 0.29) is 30.7 Å². The van der Waals surface area contributed by atoms with Crippen LogP contribution < -0.4 is 11.1 Å². The van der Waals surface area contributed by atoms with Gasteiger partial charge in [-0.05, 0) is 52.4 Å². The van der Waals surface area contributed by atoms with Gasteiger partial charge < -0.3 is 16.2 Å². The smallest absolute Gasteiger partial charge is 0.231 e. The first-order valence-corrected chi connectivity index (χ1v) is 12.4. The van der Waals surface area contributed by atoms with Gasteiger partial charge in [0.25, 0.3) is 0 Å². The number of halogens is 1. The maximum absolute atomic E-state index is 14.3. The summed E-state index contributed by atoms with van der Waals surface area (Å²) in [6, 6.07) is 21.0. The summed E-state index contributed by atoms with van der Waals surface area (Å²) in [6.45, 7) is 1.61. The van der Waals surface area contributed by atoms with Gasteiger partial charge in [0, 0.05) is 18.3 Å². The average molecular weight is 497 g/mol. The van der Waals surface area contributed by atoms with Crippen molar-refractivity contribution < 1.29 is 19.1 Å². The maximum Gasteiger partial charge on any atom is 0.231 e. The lowest BCUT2D eigenvalue weighted by Crippen LogP contribution is -2.45. The Morgan fingerprint density at radius 1 is 1.05 bits per heavy atom. The highest BCUT2D eigenvalue weighted by molar-refractivity contribution is 6.00. The first-order chi connectivity index (χ1) is 17.8. The number of carbonyl (C=O) groups excluding carboxylic acids is 2. The van der Waals surface area contributed by atoms with Crippen molar-refractivity contribution in [2.24, 2.45) is 11.1 Å². The number of amides is 2. The van der Waals surface area contributed by atoms with Crippen molar-refractivity contribution in [2.45, 2.75) is 31.2 Å². The molecule has 4 atom stereocenters.